The number of aliphatic carboxylic acids is 1. The molecule has 1 rings (SSSR count). The molecule has 0 radical (unpaired) electrons. The van der Waals surface area contributed by atoms with E-state index in [1.807, 2.05) is 30.3 Å². The van der Waals surface area contributed by atoms with Gasteiger partial charge in [0.2, 0.25) is 0 Å². The predicted octanol–water partition coefficient (Wildman–Crippen LogP) is 3.86. The summed E-state index contributed by atoms with van der Waals surface area (Å²) < 4.78 is 0. The molecule has 2 atom stereocenters. The van der Waals surface area contributed by atoms with Gasteiger partial charge in [-0.15, -0.1) is 0 Å². The molecule has 0 aliphatic heterocycles. The van der Waals surface area contributed by atoms with Crippen molar-refractivity contribution in [3.8, 4) is 0 Å². The van der Waals surface area contributed by atoms with Crippen LogP contribution in [-0.4, -0.2) is 11.1 Å². The van der Waals surface area contributed by atoms with E-state index < -0.39 is 5.97 Å². The standard InChI is InChI=1S/C15H22O2/c1-4-12(2)10-15(3,11-14(16)17)13-8-6-5-7-9-13/h5-9,12H,4,10-11H2,1-3H3,(H,16,17). The largest absolute Gasteiger partial charge is 0.481 e. The fourth-order valence-corrected chi connectivity index (χ4v) is 2.38. The van der Waals surface area contributed by atoms with Crippen LogP contribution in [0.2, 0.25) is 0 Å². The van der Waals surface area contributed by atoms with Crippen LogP contribution in [0.1, 0.15) is 45.6 Å². The van der Waals surface area contributed by atoms with Gasteiger partial charge in [0, 0.05) is 5.41 Å². The Kier molecular flexibility index (Phi) is 4.73. The summed E-state index contributed by atoms with van der Waals surface area (Å²) in [6, 6.07) is 9.99. The van der Waals surface area contributed by atoms with Crippen LogP contribution in [0.3, 0.4) is 0 Å². The Morgan fingerprint density at radius 3 is 2.41 bits per heavy atom. The van der Waals surface area contributed by atoms with Gasteiger partial charge in [-0.1, -0.05) is 57.5 Å². The monoisotopic (exact) mass is 234 g/mol. The van der Waals surface area contributed by atoms with Crippen molar-refractivity contribution < 1.29 is 9.90 Å². The van der Waals surface area contributed by atoms with E-state index in [-0.39, 0.29) is 11.8 Å². The first-order valence-electron chi connectivity index (χ1n) is 6.25. The molecule has 0 saturated carbocycles. The average Bonchev–Trinajstić information content (AvgIpc) is 2.29. The highest BCUT2D eigenvalue weighted by Gasteiger charge is 2.30. The third-order valence-electron chi connectivity index (χ3n) is 3.51. The minimum absolute atomic E-state index is 0.196. The van der Waals surface area contributed by atoms with Crippen LogP contribution >= 0.6 is 0 Å². The second-order valence-corrected chi connectivity index (χ2v) is 5.21. The van der Waals surface area contributed by atoms with Crippen LogP contribution in [0.25, 0.3) is 0 Å². The number of carboxylic acids is 1. The molecule has 0 fully saturated rings. The molecule has 1 aromatic rings. The Morgan fingerprint density at radius 2 is 1.94 bits per heavy atom. The summed E-state index contributed by atoms with van der Waals surface area (Å²) >= 11 is 0. The lowest BCUT2D eigenvalue weighted by molar-refractivity contribution is -0.138. The SMILES string of the molecule is CCC(C)CC(C)(CC(=O)O)c1ccccc1. The van der Waals surface area contributed by atoms with Gasteiger partial charge in [0.1, 0.15) is 0 Å². The summed E-state index contributed by atoms with van der Waals surface area (Å²) in [7, 11) is 0. The van der Waals surface area contributed by atoms with Gasteiger partial charge in [0.05, 0.1) is 6.42 Å². The summed E-state index contributed by atoms with van der Waals surface area (Å²) in [4.78, 5) is 11.1. The number of hydrogen-bond acceptors (Lipinski definition) is 1. The van der Waals surface area contributed by atoms with Crippen molar-refractivity contribution in [2.24, 2.45) is 5.92 Å². The quantitative estimate of drug-likeness (QED) is 0.811. The smallest absolute Gasteiger partial charge is 0.304 e. The van der Waals surface area contributed by atoms with Gasteiger partial charge in [0.15, 0.2) is 0 Å². The van der Waals surface area contributed by atoms with Gasteiger partial charge in [-0.05, 0) is 17.9 Å². The third-order valence-corrected chi connectivity index (χ3v) is 3.51. The number of rotatable bonds is 6. The number of carboxylic acid groups (broad SMARTS) is 1. The Morgan fingerprint density at radius 1 is 1.35 bits per heavy atom. The topological polar surface area (TPSA) is 37.3 Å². The lowest BCUT2D eigenvalue weighted by Crippen LogP contribution is -2.28. The van der Waals surface area contributed by atoms with Gasteiger partial charge < -0.3 is 5.11 Å². The number of hydrogen-bond donors (Lipinski definition) is 1. The summed E-state index contributed by atoms with van der Waals surface area (Å²) in [5, 5.41) is 9.10. The molecule has 0 heterocycles. The van der Waals surface area contributed by atoms with Gasteiger partial charge in [-0.25, -0.2) is 0 Å². The molecule has 0 aliphatic carbocycles. The molecule has 2 unspecified atom stereocenters. The molecule has 0 aliphatic rings. The highest BCUT2D eigenvalue weighted by atomic mass is 16.4. The molecule has 0 aromatic heterocycles. The van der Waals surface area contributed by atoms with E-state index >= 15 is 0 Å². The second-order valence-electron chi connectivity index (χ2n) is 5.21. The summed E-state index contributed by atoms with van der Waals surface area (Å²) in [5.41, 5.74) is 0.866. The maximum Gasteiger partial charge on any atom is 0.304 e. The van der Waals surface area contributed by atoms with E-state index in [9.17, 15) is 4.79 Å². The van der Waals surface area contributed by atoms with E-state index in [4.69, 9.17) is 5.11 Å². The lowest BCUT2D eigenvalue weighted by atomic mass is 9.73. The van der Waals surface area contributed by atoms with E-state index in [1.54, 1.807) is 0 Å². The van der Waals surface area contributed by atoms with Crippen molar-refractivity contribution in [2.75, 3.05) is 0 Å². The summed E-state index contributed by atoms with van der Waals surface area (Å²) in [6.45, 7) is 6.39. The molecule has 0 saturated heterocycles. The van der Waals surface area contributed by atoms with Crippen LogP contribution in [0, 0.1) is 5.92 Å². The number of benzene rings is 1. The van der Waals surface area contributed by atoms with Gasteiger partial charge in [-0.3, -0.25) is 4.79 Å². The van der Waals surface area contributed by atoms with Gasteiger partial charge in [-0.2, -0.15) is 0 Å². The zero-order chi connectivity index (χ0) is 12.9. The van der Waals surface area contributed by atoms with Crippen molar-refractivity contribution in [3.63, 3.8) is 0 Å². The third kappa shape index (κ3) is 3.88. The molecule has 0 spiro atoms. The molecule has 0 bridgehead atoms. The Hall–Kier alpha value is -1.31. The van der Waals surface area contributed by atoms with Crippen LogP contribution in [0.4, 0.5) is 0 Å². The highest BCUT2D eigenvalue weighted by Crippen LogP contribution is 2.35. The zero-order valence-corrected chi connectivity index (χ0v) is 10.9. The molecule has 94 valence electrons. The molecule has 1 N–H and O–H groups in total. The van der Waals surface area contributed by atoms with Crippen LogP contribution < -0.4 is 0 Å². The van der Waals surface area contributed by atoms with Crippen LogP contribution in [0.15, 0.2) is 30.3 Å². The van der Waals surface area contributed by atoms with Gasteiger partial charge in [0.25, 0.3) is 0 Å². The average molecular weight is 234 g/mol. The van der Waals surface area contributed by atoms with Crippen molar-refractivity contribution in [3.05, 3.63) is 35.9 Å². The molecule has 0 amide bonds. The highest BCUT2D eigenvalue weighted by molar-refractivity contribution is 5.69. The lowest BCUT2D eigenvalue weighted by Gasteiger charge is -2.31. The fourth-order valence-electron chi connectivity index (χ4n) is 2.38. The summed E-state index contributed by atoms with van der Waals surface area (Å²) in [5.74, 6) is -0.181. The first-order valence-corrected chi connectivity index (χ1v) is 6.25. The van der Waals surface area contributed by atoms with Crippen molar-refractivity contribution >= 4 is 5.97 Å². The molecule has 17 heavy (non-hydrogen) atoms. The van der Waals surface area contributed by atoms with E-state index in [0.29, 0.717) is 5.92 Å². The molecule has 2 nitrogen and oxygen atoms in total. The van der Waals surface area contributed by atoms with Crippen molar-refractivity contribution in [2.45, 2.75) is 45.4 Å². The summed E-state index contributed by atoms with van der Waals surface area (Å²) in [6.07, 6.45) is 2.20. The maximum atomic E-state index is 11.1. The van der Waals surface area contributed by atoms with E-state index in [2.05, 4.69) is 20.8 Å². The maximum absolute atomic E-state index is 11.1. The Bertz CT molecular complexity index is 358. The molecule has 2 heteroatoms. The first-order chi connectivity index (χ1) is 7.98. The second kappa shape index (κ2) is 5.85. The van der Waals surface area contributed by atoms with Crippen molar-refractivity contribution in [1.82, 2.24) is 0 Å². The normalized spacial score (nSPS) is 16.2. The Labute approximate surface area is 104 Å². The first kappa shape index (κ1) is 13.8. The van der Waals surface area contributed by atoms with Crippen LogP contribution in [0.5, 0.6) is 0 Å². The molecule has 1 aromatic carbocycles. The zero-order valence-electron chi connectivity index (χ0n) is 10.9. The van der Waals surface area contributed by atoms with Crippen molar-refractivity contribution in [1.29, 1.82) is 0 Å². The van der Waals surface area contributed by atoms with E-state index in [0.717, 1.165) is 18.4 Å². The minimum atomic E-state index is -0.723. The van der Waals surface area contributed by atoms with E-state index in [1.165, 1.54) is 0 Å². The molecular weight excluding hydrogens is 212 g/mol. The fraction of sp³-hybridized carbons (Fsp3) is 0.533. The van der Waals surface area contributed by atoms with Gasteiger partial charge >= 0.3 is 5.97 Å². The predicted molar refractivity (Wildman–Crippen MR) is 70.1 cm³/mol. The minimum Gasteiger partial charge on any atom is -0.481 e. The van der Waals surface area contributed by atoms with Crippen LogP contribution in [-0.2, 0) is 10.2 Å². The molecular formula is C15H22O2. The Balaban J connectivity index is 2.97. The number of carbonyl (C=O) groups is 1.